The third-order valence-corrected chi connectivity index (χ3v) is 4.76. The lowest BCUT2D eigenvalue weighted by Gasteiger charge is -2.15. The second kappa shape index (κ2) is 5.84. The van der Waals surface area contributed by atoms with Gasteiger partial charge in [-0.05, 0) is 36.1 Å². The molecule has 0 fully saturated rings. The Balaban J connectivity index is 1.85. The summed E-state index contributed by atoms with van der Waals surface area (Å²) >= 11 is 18.2. The van der Waals surface area contributed by atoms with Crippen molar-refractivity contribution < 1.29 is 4.79 Å². The van der Waals surface area contributed by atoms with E-state index in [1.54, 1.807) is 18.3 Å². The Morgan fingerprint density at radius 3 is 2.76 bits per heavy atom. The van der Waals surface area contributed by atoms with Gasteiger partial charge in [-0.25, -0.2) is 0 Å². The van der Waals surface area contributed by atoms with Crippen LogP contribution in [0.15, 0.2) is 30.6 Å². The summed E-state index contributed by atoms with van der Waals surface area (Å²) in [5.74, 6) is -0.216. The first-order valence-electron chi connectivity index (χ1n) is 6.45. The number of benzene rings is 1. The summed E-state index contributed by atoms with van der Waals surface area (Å²) in [4.78, 5) is 16.2. The molecular formula is C15H11Cl3N2O. The van der Waals surface area contributed by atoms with Gasteiger partial charge in [-0.1, -0.05) is 40.9 Å². The summed E-state index contributed by atoms with van der Waals surface area (Å²) in [6, 6.07) is 5.19. The monoisotopic (exact) mass is 340 g/mol. The molecule has 3 rings (SSSR count). The van der Waals surface area contributed by atoms with Gasteiger partial charge < -0.3 is 5.32 Å². The molecule has 0 radical (unpaired) electrons. The topological polar surface area (TPSA) is 42.0 Å². The van der Waals surface area contributed by atoms with E-state index < -0.39 is 0 Å². The van der Waals surface area contributed by atoms with Crippen molar-refractivity contribution in [2.75, 3.05) is 0 Å². The molecule has 3 nitrogen and oxygen atoms in total. The number of hydrogen-bond acceptors (Lipinski definition) is 2. The lowest BCUT2D eigenvalue weighted by molar-refractivity contribution is 0.0937. The Morgan fingerprint density at radius 1 is 1.19 bits per heavy atom. The fraction of sp³-hybridized carbons (Fsp3) is 0.200. The van der Waals surface area contributed by atoms with Crippen LogP contribution in [-0.2, 0) is 6.42 Å². The molecule has 1 aliphatic rings. The van der Waals surface area contributed by atoms with Gasteiger partial charge in [-0.3, -0.25) is 9.78 Å². The highest BCUT2D eigenvalue weighted by atomic mass is 35.5. The SMILES string of the molecule is O=C(NC1CCc2c1ccc(Cl)c2Cl)c1ccncc1Cl. The minimum atomic E-state index is -0.216. The van der Waals surface area contributed by atoms with Crippen molar-refractivity contribution in [2.24, 2.45) is 0 Å². The largest absolute Gasteiger partial charge is 0.345 e. The van der Waals surface area contributed by atoms with Crippen LogP contribution in [0.3, 0.4) is 0 Å². The van der Waals surface area contributed by atoms with E-state index >= 15 is 0 Å². The van der Waals surface area contributed by atoms with Crippen molar-refractivity contribution in [1.82, 2.24) is 10.3 Å². The van der Waals surface area contributed by atoms with Crippen molar-refractivity contribution >= 4 is 40.7 Å². The standard InChI is InChI=1S/C15H11Cl3N2O/c16-11-3-1-8-9(14(11)18)2-4-13(8)20-15(21)10-5-6-19-7-12(10)17/h1,3,5-7,13H,2,4H2,(H,20,21). The molecule has 108 valence electrons. The Kier molecular flexibility index (Phi) is 4.07. The summed E-state index contributed by atoms with van der Waals surface area (Å²) in [6.07, 6.45) is 4.59. The van der Waals surface area contributed by atoms with E-state index in [1.807, 2.05) is 6.07 Å². The molecule has 1 aromatic carbocycles. The molecule has 21 heavy (non-hydrogen) atoms. The van der Waals surface area contributed by atoms with E-state index in [2.05, 4.69) is 10.3 Å². The number of halogens is 3. The smallest absolute Gasteiger partial charge is 0.253 e. The number of nitrogens with zero attached hydrogens (tertiary/aromatic N) is 1. The molecule has 1 aromatic heterocycles. The maximum atomic E-state index is 12.3. The molecule has 2 aromatic rings. The maximum absolute atomic E-state index is 12.3. The van der Waals surface area contributed by atoms with Gasteiger partial charge >= 0.3 is 0 Å². The summed E-state index contributed by atoms with van der Waals surface area (Å²) in [5.41, 5.74) is 2.44. The first-order chi connectivity index (χ1) is 10.1. The average molecular weight is 342 g/mol. The number of nitrogens with one attached hydrogen (secondary N) is 1. The number of rotatable bonds is 2. The third kappa shape index (κ3) is 2.73. The molecule has 0 saturated heterocycles. The van der Waals surface area contributed by atoms with E-state index in [-0.39, 0.29) is 11.9 Å². The van der Waals surface area contributed by atoms with Crippen molar-refractivity contribution in [3.8, 4) is 0 Å². The lowest BCUT2D eigenvalue weighted by Crippen LogP contribution is -2.27. The second-order valence-electron chi connectivity index (χ2n) is 4.85. The number of fused-ring (bicyclic) bond motifs is 1. The van der Waals surface area contributed by atoms with Crippen LogP contribution in [0.4, 0.5) is 0 Å². The quantitative estimate of drug-likeness (QED) is 0.876. The molecule has 1 heterocycles. The van der Waals surface area contributed by atoms with Gasteiger partial charge in [0.25, 0.3) is 5.91 Å². The Bertz CT molecular complexity index is 718. The van der Waals surface area contributed by atoms with Gasteiger partial charge in [-0.15, -0.1) is 0 Å². The zero-order valence-electron chi connectivity index (χ0n) is 10.9. The number of hydrogen-bond donors (Lipinski definition) is 1. The van der Waals surface area contributed by atoms with E-state index in [0.717, 1.165) is 24.0 Å². The number of carbonyl (C=O) groups is 1. The normalized spacial score (nSPS) is 16.6. The molecule has 1 amide bonds. The van der Waals surface area contributed by atoms with Gasteiger partial charge in [0.05, 0.1) is 26.7 Å². The lowest BCUT2D eigenvalue weighted by atomic mass is 10.1. The highest BCUT2D eigenvalue weighted by molar-refractivity contribution is 6.42. The van der Waals surface area contributed by atoms with Crippen molar-refractivity contribution in [3.63, 3.8) is 0 Å². The van der Waals surface area contributed by atoms with Gasteiger partial charge in [0, 0.05) is 12.4 Å². The molecular weight excluding hydrogens is 331 g/mol. The van der Waals surface area contributed by atoms with Gasteiger partial charge in [0.15, 0.2) is 0 Å². The van der Waals surface area contributed by atoms with E-state index in [1.165, 1.54) is 6.20 Å². The summed E-state index contributed by atoms with van der Waals surface area (Å²) < 4.78 is 0. The van der Waals surface area contributed by atoms with Crippen LogP contribution in [0.1, 0.15) is 33.9 Å². The molecule has 0 saturated carbocycles. The number of amides is 1. The zero-order valence-corrected chi connectivity index (χ0v) is 13.1. The Morgan fingerprint density at radius 2 is 2.00 bits per heavy atom. The predicted molar refractivity (Wildman–Crippen MR) is 84.2 cm³/mol. The molecule has 0 bridgehead atoms. The second-order valence-corrected chi connectivity index (χ2v) is 6.04. The van der Waals surface area contributed by atoms with Crippen molar-refractivity contribution in [3.05, 3.63) is 62.4 Å². The van der Waals surface area contributed by atoms with Crippen LogP contribution >= 0.6 is 34.8 Å². The summed E-state index contributed by atoms with van der Waals surface area (Å²) in [6.45, 7) is 0. The average Bonchev–Trinajstić information content (AvgIpc) is 2.87. The molecule has 6 heteroatoms. The molecule has 1 N–H and O–H groups in total. The Labute approximate surface area is 137 Å². The number of aromatic nitrogens is 1. The third-order valence-electron chi connectivity index (χ3n) is 3.61. The highest BCUT2D eigenvalue weighted by Crippen LogP contribution is 2.39. The van der Waals surface area contributed by atoms with Gasteiger partial charge in [-0.2, -0.15) is 0 Å². The number of pyridine rings is 1. The van der Waals surface area contributed by atoms with Gasteiger partial charge in [0.1, 0.15) is 0 Å². The molecule has 1 atom stereocenters. The minimum absolute atomic E-state index is 0.0773. The maximum Gasteiger partial charge on any atom is 0.253 e. The van der Waals surface area contributed by atoms with Crippen LogP contribution in [0.5, 0.6) is 0 Å². The van der Waals surface area contributed by atoms with Crippen LogP contribution in [0.2, 0.25) is 15.1 Å². The zero-order chi connectivity index (χ0) is 15.0. The van der Waals surface area contributed by atoms with Crippen LogP contribution in [0, 0.1) is 0 Å². The molecule has 0 aliphatic heterocycles. The highest BCUT2D eigenvalue weighted by Gasteiger charge is 2.27. The van der Waals surface area contributed by atoms with E-state index in [4.69, 9.17) is 34.8 Å². The minimum Gasteiger partial charge on any atom is -0.345 e. The summed E-state index contributed by atoms with van der Waals surface area (Å²) in [7, 11) is 0. The first-order valence-corrected chi connectivity index (χ1v) is 7.58. The van der Waals surface area contributed by atoms with Crippen molar-refractivity contribution in [2.45, 2.75) is 18.9 Å². The Hall–Kier alpha value is -1.29. The first kappa shape index (κ1) is 14.6. The molecule has 1 unspecified atom stereocenters. The summed E-state index contributed by atoms with van der Waals surface area (Å²) in [5, 5.41) is 4.44. The molecule has 1 aliphatic carbocycles. The predicted octanol–water partition coefficient (Wildman–Crippen LogP) is 4.46. The fourth-order valence-corrected chi connectivity index (χ4v) is 3.23. The van der Waals surface area contributed by atoms with E-state index in [9.17, 15) is 4.79 Å². The van der Waals surface area contributed by atoms with Crippen LogP contribution < -0.4 is 5.32 Å². The van der Waals surface area contributed by atoms with Gasteiger partial charge in [0.2, 0.25) is 0 Å². The molecule has 0 spiro atoms. The van der Waals surface area contributed by atoms with Crippen LogP contribution in [-0.4, -0.2) is 10.9 Å². The number of carbonyl (C=O) groups excluding carboxylic acids is 1. The fourth-order valence-electron chi connectivity index (χ4n) is 2.58. The van der Waals surface area contributed by atoms with E-state index in [0.29, 0.717) is 20.6 Å². The van der Waals surface area contributed by atoms with Crippen LogP contribution in [0.25, 0.3) is 0 Å². The van der Waals surface area contributed by atoms with Crippen molar-refractivity contribution in [1.29, 1.82) is 0 Å².